The van der Waals surface area contributed by atoms with Crippen LogP contribution in [0.25, 0.3) is 0 Å². The van der Waals surface area contributed by atoms with Crippen LogP contribution >= 0.6 is 11.3 Å². The number of carboxylic acids is 1. The molecule has 0 amide bonds. The maximum absolute atomic E-state index is 12.6. The molecule has 0 aliphatic carbocycles. The summed E-state index contributed by atoms with van der Waals surface area (Å²) in [6.45, 7) is -2.05. The maximum Gasteiger partial charge on any atom is 0.347 e. The number of carbonyl (C=O) groups is 1. The molecule has 0 fully saturated rings. The van der Waals surface area contributed by atoms with Gasteiger partial charge in [-0.25, -0.2) is 18.6 Å². The number of hydrogen-bond acceptors (Lipinski definition) is 5. The molecule has 0 radical (unpaired) electrons. The molecular formula is C7H8F2N2O3S. The number of alkyl halides is 2. The summed E-state index contributed by atoms with van der Waals surface area (Å²) < 4.78 is 25.1. The summed E-state index contributed by atoms with van der Waals surface area (Å²) in [7, 11) is 0. The van der Waals surface area contributed by atoms with E-state index in [-0.39, 0.29) is 10.0 Å². The minimum absolute atomic E-state index is 0.0372. The molecule has 0 aromatic carbocycles. The molecule has 0 saturated heterocycles. The summed E-state index contributed by atoms with van der Waals surface area (Å²) >= 11 is 0.755. The molecule has 0 bridgehead atoms. The molecule has 1 rings (SSSR count). The summed E-state index contributed by atoms with van der Waals surface area (Å²) in [5.41, 5.74) is 0. The van der Waals surface area contributed by atoms with Crippen molar-refractivity contribution in [2.24, 2.45) is 0 Å². The maximum atomic E-state index is 12.6. The third-order valence-corrected chi connectivity index (χ3v) is 2.39. The Hall–Kier alpha value is -1.28. The lowest BCUT2D eigenvalue weighted by Gasteiger charge is -2.12. The van der Waals surface area contributed by atoms with E-state index in [1.54, 1.807) is 0 Å². The number of carboxylic acid groups (broad SMARTS) is 1. The number of aromatic nitrogens is 1. The van der Waals surface area contributed by atoms with Gasteiger partial charge in [0.1, 0.15) is 11.5 Å². The third-order valence-electron chi connectivity index (χ3n) is 1.45. The second-order valence-corrected chi connectivity index (χ2v) is 3.73. The number of thiazole rings is 1. The molecule has 0 aliphatic rings. The van der Waals surface area contributed by atoms with Crippen molar-refractivity contribution >= 4 is 22.4 Å². The van der Waals surface area contributed by atoms with Crippen LogP contribution in [0.5, 0.6) is 0 Å². The van der Waals surface area contributed by atoms with E-state index in [2.05, 4.69) is 10.3 Å². The molecule has 5 nitrogen and oxygen atoms in total. The van der Waals surface area contributed by atoms with Crippen LogP contribution in [0.3, 0.4) is 0 Å². The number of halogens is 2. The highest BCUT2D eigenvalue weighted by Crippen LogP contribution is 2.20. The Morgan fingerprint density at radius 1 is 1.67 bits per heavy atom. The molecule has 3 N–H and O–H groups in total. The molecule has 1 heterocycles. The van der Waals surface area contributed by atoms with Gasteiger partial charge in [0.15, 0.2) is 5.13 Å². The highest BCUT2D eigenvalue weighted by Gasteiger charge is 2.27. The first-order valence-corrected chi connectivity index (χ1v) is 4.68. The summed E-state index contributed by atoms with van der Waals surface area (Å²) in [4.78, 5) is 14.0. The highest BCUT2D eigenvalue weighted by atomic mass is 32.1. The standard InChI is InChI=1S/C7H8F2N2O3S/c8-7(9,3-12)2-11-6-10-1-4(15-6)5(13)14/h1,12H,2-3H2,(H,10,11)(H,13,14). The van der Waals surface area contributed by atoms with Crippen LogP contribution in [-0.4, -0.2) is 40.2 Å². The number of aromatic carboxylic acids is 1. The lowest BCUT2D eigenvalue weighted by atomic mass is 10.4. The van der Waals surface area contributed by atoms with E-state index in [0.29, 0.717) is 0 Å². The first kappa shape index (κ1) is 11.8. The van der Waals surface area contributed by atoms with Gasteiger partial charge < -0.3 is 15.5 Å². The van der Waals surface area contributed by atoms with Crippen molar-refractivity contribution < 1.29 is 23.8 Å². The van der Waals surface area contributed by atoms with Gasteiger partial charge >= 0.3 is 5.97 Å². The van der Waals surface area contributed by atoms with Crippen molar-refractivity contribution in [3.05, 3.63) is 11.1 Å². The van der Waals surface area contributed by atoms with Crippen LogP contribution in [0.4, 0.5) is 13.9 Å². The molecule has 0 spiro atoms. The Bertz CT molecular complexity index is 356. The van der Waals surface area contributed by atoms with Crippen molar-refractivity contribution in [2.75, 3.05) is 18.5 Å². The fourth-order valence-corrected chi connectivity index (χ4v) is 1.37. The SMILES string of the molecule is O=C(O)c1cnc(NCC(F)(F)CO)s1. The van der Waals surface area contributed by atoms with Crippen LogP contribution in [0.15, 0.2) is 6.20 Å². The van der Waals surface area contributed by atoms with Gasteiger partial charge in [0.25, 0.3) is 5.92 Å². The van der Waals surface area contributed by atoms with E-state index in [0.717, 1.165) is 17.5 Å². The number of aliphatic hydroxyl groups excluding tert-OH is 1. The zero-order valence-electron chi connectivity index (χ0n) is 7.41. The minimum Gasteiger partial charge on any atom is -0.477 e. The predicted molar refractivity (Wildman–Crippen MR) is 49.6 cm³/mol. The number of nitrogens with zero attached hydrogens (tertiary/aromatic N) is 1. The van der Waals surface area contributed by atoms with Crippen molar-refractivity contribution in [2.45, 2.75) is 5.92 Å². The molecule has 1 aromatic heterocycles. The number of anilines is 1. The molecule has 84 valence electrons. The van der Waals surface area contributed by atoms with E-state index in [1.165, 1.54) is 0 Å². The van der Waals surface area contributed by atoms with E-state index in [1.807, 2.05) is 0 Å². The molecule has 1 aromatic rings. The third kappa shape index (κ3) is 3.40. The van der Waals surface area contributed by atoms with Gasteiger partial charge in [-0.05, 0) is 0 Å². The van der Waals surface area contributed by atoms with E-state index in [9.17, 15) is 13.6 Å². The summed E-state index contributed by atoms with van der Waals surface area (Å²) in [5, 5.41) is 19.1. The van der Waals surface area contributed by atoms with E-state index in [4.69, 9.17) is 10.2 Å². The molecule has 15 heavy (non-hydrogen) atoms. The first-order chi connectivity index (χ1) is 6.94. The van der Waals surface area contributed by atoms with Crippen LogP contribution in [0.2, 0.25) is 0 Å². The predicted octanol–water partition coefficient (Wildman–Crippen LogP) is 0.881. The Labute approximate surface area is 87.4 Å². The fourth-order valence-electron chi connectivity index (χ4n) is 0.716. The molecule has 0 saturated carbocycles. The van der Waals surface area contributed by atoms with Gasteiger partial charge in [-0.15, -0.1) is 0 Å². The zero-order chi connectivity index (χ0) is 11.5. The van der Waals surface area contributed by atoms with Gasteiger partial charge in [0.2, 0.25) is 0 Å². The van der Waals surface area contributed by atoms with Crippen molar-refractivity contribution in [1.29, 1.82) is 0 Å². The number of rotatable bonds is 5. The van der Waals surface area contributed by atoms with Crippen molar-refractivity contribution in [3.8, 4) is 0 Å². The smallest absolute Gasteiger partial charge is 0.347 e. The molecule has 0 atom stereocenters. The number of aliphatic hydroxyl groups is 1. The van der Waals surface area contributed by atoms with Gasteiger partial charge in [-0.1, -0.05) is 11.3 Å². The molecular weight excluding hydrogens is 230 g/mol. The molecule has 0 aliphatic heterocycles. The zero-order valence-corrected chi connectivity index (χ0v) is 8.22. The summed E-state index contributed by atoms with van der Waals surface area (Å²) in [6, 6.07) is 0. The van der Waals surface area contributed by atoms with Crippen LogP contribution in [0, 0.1) is 0 Å². The Morgan fingerprint density at radius 2 is 2.33 bits per heavy atom. The normalized spacial score (nSPS) is 11.4. The molecule has 8 heteroatoms. The van der Waals surface area contributed by atoms with Gasteiger partial charge in [0.05, 0.1) is 12.7 Å². The highest BCUT2D eigenvalue weighted by molar-refractivity contribution is 7.17. The first-order valence-electron chi connectivity index (χ1n) is 3.86. The monoisotopic (exact) mass is 238 g/mol. The Kier molecular flexibility index (Phi) is 3.53. The average Bonchev–Trinajstić information content (AvgIpc) is 2.63. The second kappa shape index (κ2) is 4.49. The Morgan fingerprint density at radius 3 is 2.80 bits per heavy atom. The second-order valence-electron chi connectivity index (χ2n) is 2.70. The summed E-state index contributed by atoms with van der Waals surface area (Å²) in [6.07, 6.45) is 1.08. The fraction of sp³-hybridized carbons (Fsp3) is 0.429. The van der Waals surface area contributed by atoms with E-state index < -0.39 is 25.0 Å². The van der Waals surface area contributed by atoms with Gasteiger partial charge in [-0.3, -0.25) is 0 Å². The Balaban J connectivity index is 2.55. The topological polar surface area (TPSA) is 82.5 Å². The van der Waals surface area contributed by atoms with Gasteiger partial charge in [0, 0.05) is 0 Å². The average molecular weight is 238 g/mol. The van der Waals surface area contributed by atoms with Crippen molar-refractivity contribution in [1.82, 2.24) is 4.98 Å². The lowest BCUT2D eigenvalue weighted by molar-refractivity contribution is -0.0372. The van der Waals surface area contributed by atoms with Crippen LogP contribution in [-0.2, 0) is 0 Å². The van der Waals surface area contributed by atoms with Crippen molar-refractivity contribution in [3.63, 3.8) is 0 Å². The lowest BCUT2D eigenvalue weighted by Crippen LogP contribution is -2.30. The number of nitrogens with one attached hydrogen (secondary N) is 1. The number of hydrogen-bond donors (Lipinski definition) is 3. The molecule has 0 unspecified atom stereocenters. The quantitative estimate of drug-likeness (QED) is 0.709. The largest absolute Gasteiger partial charge is 0.477 e. The van der Waals surface area contributed by atoms with Gasteiger partial charge in [-0.2, -0.15) is 0 Å². The van der Waals surface area contributed by atoms with Crippen LogP contribution < -0.4 is 5.32 Å². The van der Waals surface area contributed by atoms with Crippen LogP contribution in [0.1, 0.15) is 9.67 Å². The summed E-state index contributed by atoms with van der Waals surface area (Å²) in [5.74, 6) is -4.40. The minimum atomic E-state index is -3.24. The van der Waals surface area contributed by atoms with E-state index >= 15 is 0 Å².